The number of imidazole rings is 2. The Labute approximate surface area is 108 Å². The molecule has 2 rings (SSSR count). The van der Waals surface area contributed by atoms with E-state index < -0.39 is 0 Å². The lowest BCUT2D eigenvalue weighted by Crippen LogP contribution is -2.23. The molecular weight excluding hydrogens is 226 g/mol. The van der Waals surface area contributed by atoms with Crippen molar-refractivity contribution >= 4 is 5.95 Å². The summed E-state index contributed by atoms with van der Waals surface area (Å²) in [5.41, 5.74) is 0. The van der Waals surface area contributed by atoms with Gasteiger partial charge in [-0.25, -0.2) is 9.97 Å². The molecule has 1 atom stereocenters. The van der Waals surface area contributed by atoms with Gasteiger partial charge in [-0.1, -0.05) is 13.8 Å². The van der Waals surface area contributed by atoms with Crippen LogP contribution in [-0.4, -0.2) is 25.1 Å². The molecule has 5 heteroatoms. The Kier molecular flexibility index (Phi) is 4.02. The molecule has 0 saturated carbocycles. The van der Waals surface area contributed by atoms with E-state index in [4.69, 9.17) is 0 Å². The maximum absolute atomic E-state index is 4.37. The number of aromatic nitrogens is 4. The van der Waals surface area contributed by atoms with Crippen LogP contribution in [0.3, 0.4) is 0 Å². The Bertz CT molecular complexity index is 457. The Morgan fingerprint density at radius 1 is 1.17 bits per heavy atom. The highest BCUT2D eigenvalue weighted by atomic mass is 15.2. The normalized spacial score (nSPS) is 12.9. The van der Waals surface area contributed by atoms with Crippen molar-refractivity contribution in [2.45, 2.75) is 39.9 Å². The first-order valence-corrected chi connectivity index (χ1v) is 6.38. The number of anilines is 1. The van der Waals surface area contributed by atoms with Crippen LogP contribution >= 0.6 is 0 Å². The lowest BCUT2D eigenvalue weighted by atomic mass is 10.2. The van der Waals surface area contributed by atoms with Crippen molar-refractivity contribution in [2.24, 2.45) is 5.92 Å². The van der Waals surface area contributed by atoms with E-state index in [0.717, 1.165) is 19.0 Å². The van der Waals surface area contributed by atoms with Crippen molar-refractivity contribution in [2.75, 3.05) is 5.32 Å². The molecule has 0 saturated heterocycles. The Hall–Kier alpha value is -1.78. The van der Waals surface area contributed by atoms with Crippen LogP contribution in [-0.2, 0) is 13.1 Å². The average Bonchev–Trinajstić information content (AvgIpc) is 2.91. The molecule has 0 spiro atoms. The maximum atomic E-state index is 4.37. The van der Waals surface area contributed by atoms with E-state index in [1.54, 1.807) is 6.20 Å². The van der Waals surface area contributed by atoms with Gasteiger partial charge in [0.25, 0.3) is 0 Å². The van der Waals surface area contributed by atoms with Crippen molar-refractivity contribution in [3.05, 3.63) is 31.1 Å². The van der Waals surface area contributed by atoms with Crippen LogP contribution in [0.25, 0.3) is 0 Å². The van der Waals surface area contributed by atoms with E-state index in [-0.39, 0.29) is 0 Å². The third-order valence-electron chi connectivity index (χ3n) is 2.70. The van der Waals surface area contributed by atoms with Crippen LogP contribution < -0.4 is 5.32 Å². The van der Waals surface area contributed by atoms with E-state index in [1.165, 1.54) is 0 Å². The summed E-state index contributed by atoms with van der Waals surface area (Å²) in [4.78, 5) is 8.41. The monoisotopic (exact) mass is 247 g/mol. The number of hydrogen-bond donors (Lipinski definition) is 1. The highest BCUT2D eigenvalue weighted by Gasteiger charge is 2.08. The quantitative estimate of drug-likeness (QED) is 0.851. The summed E-state index contributed by atoms with van der Waals surface area (Å²) in [6, 6.07) is 0.313. The molecule has 0 fully saturated rings. The van der Waals surface area contributed by atoms with Crippen LogP contribution in [0.5, 0.6) is 0 Å². The zero-order chi connectivity index (χ0) is 13.0. The molecule has 2 aromatic heterocycles. The average molecular weight is 247 g/mol. The third-order valence-corrected chi connectivity index (χ3v) is 2.70. The molecule has 0 bridgehead atoms. The van der Waals surface area contributed by atoms with E-state index in [0.29, 0.717) is 12.0 Å². The standard InChI is InChI=1S/C13H21N5/c1-11(2)8-18-7-5-15-13(18)16-12(3)9-17-6-4-14-10-17/h4-7,10-12H,8-9H2,1-3H3,(H,15,16). The first-order chi connectivity index (χ1) is 8.65. The van der Waals surface area contributed by atoms with E-state index in [2.05, 4.69) is 45.2 Å². The van der Waals surface area contributed by atoms with Gasteiger partial charge in [-0.15, -0.1) is 0 Å². The summed E-state index contributed by atoms with van der Waals surface area (Å²) in [5, 5.41) is 3.44. The van der Waals surface area contributed by atoms with E-state index in [9.17, 15) is 0 Å². The molecule has 2 heterocycles. The molecule has 18 heavy (non-hydrogen) atoms. The second-order valence-electron chi connectivity index (χ2n) is 5.10. The van der Waals surface area contributed by atoms with Gasteiger partial charge >= 0.3 is 0 Å². The Morgan fingerprint density at radius 2 is 2.00 bits per heavy atom. The summed E-state index contributed by atoms with van der Waals surface area (Å²) in [6.07, 6.45) is 9.46. The van der Waals surface area contributed by atoms with Crippen LogP contribution in [0.15, 0.2) is 31.1 Å². The highest BCUT2D eigenvalue weighted by Crippen LogP contribution is 2.10. The smallest absolute Gasteiger partial charge is 0.203 e. The number of rotatable bonds is 6. The van der Waals surface area contributed by atoms with Crippen molar-refractivity contribution in [1.29, 1.82) is 0 Å². The largest absolute Gasteiger partial charge is 0.351 e. The van der Waals surface area contributed by atoms with Crippen LogP contribution in [0.2, 0.25) is 0 Å². The molecule has 0 radical (unpaired) electrons. The number of hydrogen-bond acceptors (Lipinski definition) is 3. The zero-order valence-electron chi connectivity index (χ0n) is 11.2. The maximum Gasteiger partial charge on any atom is 0.203 e. The second kappa shape index (κ2) is 5.71. The van der Waals surface area contributed by atoms with E-state index >= 15 is 0 Å². The molecule has 5 nitrogen and oxygen atoms in total. The summed E-state index contributed by atoms with van der Waals surface area (Å²) in [7, 11) is 0. The predicted octanol–water partition coefficient (Wildman–Crippen LogP) is 2.24. The topological polar surface area (TPSA) is 47.7 Å². The minimum atomic E-state index is 0.313. The summed E-state index contributed by atoms with van der Waals surface area (Å²) >= 11 is 0. The molecule has 0 aliphatic carbocycles. The second-order valence-corrected chi connectivity index (χ2v) is 5.10. The molecule has 1 N–H and O–H groups in total. The van der Waals surface area contributed by atoms with Gasteiger partial charge in [0.1, 0.15) is 0 Å². The molecule has 1 unspecified atom stereocenters. The number of nitrogens with one attached hydrogen (secondary N) is 1. The van der Waals surface area contributed by atoms with Gasteiger partial charge in [0.2, 0.25) is 5.95 Å². The van der Waals surface area contributed by atoms with Gasteiger partial charge in [0.15, 0.2) is 0 Å². The fourth-order valence-corrected chi connectivity index (χ4v) is 1.97. The predicted molar refractivity (Wildman–Crippen MR) is 72.4 cm³/mol. The van der Waals surface area contributed by atoms with Crippen molar-refractivity contribution < 1.29 is 0 Å². The number of nitrogens with zero attached hydrogens (tertiary/aromatic N) is 4. The lowest BCUT2D eigenvalue weighted by Gasteiger charge is -2.17. The lowest BCUT2D eigenvalue weighted by molar-refractivity contribution is 0.521. The van der Waals surface area contributed by atoms with Crippen LogP contribution in [0, 0.1) is 5.92 Å². The third kappa shape index (κ3) is 3.35. The molecule has 2 aromatic rings. The van der Waals surface area contributed by atoms with Gasteiger partial charge in [0.05, 0.1) is 6.33 Å². The first kappa shape index (κ1) is 12.7. The molecular formula is C13H21N5. The first-order valence-electron chi connectivity index (χ1n) is 6.38. The van der Waals surface area contributed by atoms with Gasteiger partial charge < -0.3 is 14.5 Å². The van der Waals surface area contributed by atoms with E-state index in [1.807, 2.05) is 24.9 Å². The Balaban J connectivity index is 1.94. The summed E-state index contributed by atoms with van der Waals surface area (Å²) < 4.78 is 4.22. The van der Waals surface area contributed by atoms with Gasteiger partial charge in [0, 0.05) is 43.9 Å². The summed E-state index contributed by atoms with van der Waals surface area (Å²) in [5.74, 6) is 1.56. The van der Waals surface area contributed by atoms with Crippen molar-refractivity contribution in [3.63, 3.8) is 0 Å². The van der Waals surface area contributed by atoms with Crippen LogP contribution in [0.1, 0.15) is 20.8 Å². The fourth-order valence-electron chi connectivity index (χ4n) is 1.97. The fraction of sp³-hybridized carbons (Fsp3) is 0.538. The Morgan fingerprint density at radius 3 is 2.67 bits per heavy atom. The minimum absolute atomic E-state index is 0.313. The minimum Gasteiger partial charge on any atom is -0.351 e. The molecule has 98 valence electrons. The highest BCUT2D eigenvalue weighted by molar-refractivity contribution is 5.27. The van der Waals surface area contributed by atoms with Gasteiger partial charge in [-0.2, -0.15) is 0 Å². The summed E-state index contributed by atoms with van der Waals surface area (Å²) in [6.45, 7) is 8.43. The van der Waals surface area contributed by atoms with Crippen LogP contribution in [0.4, 0.5) is 5.95 Å². The SMILES string of the molecule is CC(C)Cn1ccnc1NC(C)Cn1ccnc1. The molecule has 0 amide bonds. The molecule has 0 aliphatic rings. The van der Waals surface area contributed by atoms with Crippen molar-refractivity contribution in [1.82, 2.24) is 19.1 Å². The van der Waals surface area contributed by atoms with Gasteiger partial charge in [-0.05, 0) is 12.8 Å². The zero-order valence-corrected chi connectivity index (χ0v) is 11.2. The van der Waals surface area contributed by atoms with Crippen molar-refractivity contribution in [3.8, 4) is 0 Å². The molecule has 0 aromatic carbocycles. The van der Waals surface area contributed by atoms with Gasteiger partial charge in [-0.3, -0.25) is 0 Å². The molecule has 0 aliphatic heterocycles.